The van der Waals surface area contributed by atoms with Crippen LogP contribution in [-0.2, 0) is 9.53 Å². The van der Waals surface area contributed by atoms with E-state index in [-0.39, 0.29) is 0 Å². The quantitative estimate of drug-likeness (QED) is 0.810. The standard InChI is InChI=1S/C12H14O4/c13-10(9-5-2-1-3-6-9)12(11(14)15)7-4-8-16-12/h1-3,5-6,10,13H,4,7-8H2,(H,14,15). The van der Waals surface area contributed by atoms with Crippen LogP contribution in [0.4, 0.5) is 0 Å². The number of benzene rings is 1. The van der Waals surface area contributed by atoms with Crippen molar-refractivity contribution in [1.29, 1.82) is 0 Å². The van der Waals surface area contributed by atoms with Gasteiger partial charge in [0.15, 0.2) is 5.60 Å². The van der Waals surface area contributed by atoms with Crippen LogP contribution in [0, 0.1) is 0 Å². The largest absolute Gasteiger partial charge is 0.479 e. The Kier molecular flexibility index (Phi) is 2.94. The molecule has 0 aliphatic carbocycles. The molecule has 16 heavy (non-hydrogen) atoms. The van der Waals surface area contributed by atoms with Gasteiger partial charge in [-0.3, -0.25) is 0 Å². The second-order valence-electron chi connectivity index (χ2n) is 3.96. The summed E-state index contributed by atoms with van der Waals surface area (Å²) in [5.41, 5.74) is -0.895. The third kappa shape index (κ3) is 1.70. The van der Waals surface area contributed by atoms with Crippen molar-refractivity contribution in [3.63, 3.8) is 0 Å². The number of carboxylic acid groups (broad SMARTS) is 1. The minimum Gasteiger partial charge on any atom is -0.479 e. The maximum atomic E-state index is 11.3. The summed E-state index contributed by atoms with van der Waals surface area (Å²) in [7, 11) is 0. The molecule has 4 nitrogen and oxygen atoms in total. The molecule has 4 heteroatoms. The number of aliphatic hydroxyl groups is 1. The maximum absolute atomic E-state index is 11.3. The Morgan fingerprint density at radius 2 is 2.06 bits per heavy atom. The van der Waals surface area contributed by atoms with Gasteiger partial charge in [-0.25, -0.2) is 4.79 Å². The first-order chi connectivity index (χ1) is 7.67. The molecule has 0 amide bonds. The highest BCUT2D eigenvalue weighted by Gasteiger charge is 2.49. The summed E-state index contributed by atoms with van der Waals surface area (Å²) in [6.07, 6.45) is -0.108. The molecule has 2 rings (SSSR count). The van der Waals surface area contributed by atoms with E-state index in [4.69, 9.17) is 4.74 Å². The summed E-state index contributed by atoms with van der Waals surface area (Å²) in [4.78, 5) is 11.3. The van der Waals surface area contributed by atoms with Crippen molar-refractivity contribution in [2.45, 2.75) is 24.5 Å². The first-order valence-corrected chi connectivity index (χ1v) is 5.27. The molecule has 0 saturated carbocycles. The molecular weight excluding hydrogens is 208 g/mol. The van der Waals surface area contributed by atoms with Gasteiger partial charge in [-0.05, 0) is 18.4 Å². The van der Waals surface area contributed by atoms with Crippen molar-refractivity contribution < 1.29 is 19.7 Å². The van der Waals surface area contributed by atoms with E-state index in [0.29, 0.717) is 25.0 Å². The van der Waals surface area contributed by atoms with Crippen molar-refractivity contribution in [2.75, 3.05) is 6.61 Å². The molecule has 0 radical (unpaired) electrons. The number of carboxylic acids is 1. The van der Waals surface area contributed by atoms with Gasteiger partial charge in [-0.1, -0.05) is 30.3 Å². The van der Waals surface area contributed by atoms with E-state index in [9.17, 15) is 15.0 Å². The molecule has 1 saturated heterocycles. The van der Waals surface area contributed by atoms with Gasteiger partial charge in [0.05, 0.1) is 0 Å². The lowest BCUT2D eigenvalue weighted by atomic mass is 9.88. The minimum absolute atomic E-state index is 0.346. The topological polar surface area (TPSA) is 66.8 Å². The van der Waals surface area contributed by atoms with Crippen LogP contribution in [0.5, 0.6) is 0 Å². The van der Waals surface area contributed by atoms with Crippen LogP contribution in [0.3, 0.4) is 0 Å². The minimum atomic E-state index is -1.47. The highest BCUT2D eigenvalue weighted by Crippen LogP contribution is 2.37. The van der Waals surface area contributed by atoms with Crippen molar-refractivity contribution in [3.8, 4) is 0 Å². The highest BCUT2D eigenvalue weighted by atomic mass is 16.5. The van der Waals surface area contributed by atoms with Crippen molar-refractivity contribution in [3.05, 3.63) is 35.9 Å². The second-order valence-corrected chi connectivity index (χ2v) is 3.96. The number of aliphatic hydroxyl groups excluding tert-OH is 1. The zero-order valence-electron chi connectivity index (χ0n) is 8.80. The second kappa shape index (κ2) is 4.23. The van der Waals surface area contributed by atoms with E-state index in [0.717, 1.165) is 0 Å². The molecule has 2 N–H and O–H groups in total. The maximum Gasteiger partial charge on any atom is 0.339 e. The molecule has 1 heterocycles. The third-order valence-electron chi connectivity index (χ3n) is 2.97. The molecule has 2 atom stereocenters. The van der Waals surface area contributed by atoms with Crippen molar-refractivity contribution in [1.82, 2.24) is 0 Å². The molecule has 0 bridgehead atoms. The van der Waals surface area contributed by atoms with Crippen LogP contribution >= 0.6 is 0 Å². The van der Waals surface area contributed by atoms with Crippen LogP contribution < -0.4 is 0 Å². The van der Waals surface area contributed by atoms with Gasteiger partial charge in [-0.15, -0.1) is 0 Å². The zero-order valence-corrected chi connectivity index (χ0v) is 8.80. The fourth-order valence-electron chi connectivity index (χ4n) is 2.07. The molecule has 1 fully saturated rings. The van der Waals surface area contributed by atoms with Crippen molar-refractivity contribution >= 4 is 5.97 Å². The molecule has 0 spiro atoms. The van der Waals surface area contributed by atoms with Crippen LogP contribution in [-0.4, -0.2) is 28.4 Å². The lowest BCUT2D eigenvalue weighted by Crippen LogP contribution is -2.44. The molecule has 1 aliphatic rings. The number of rotatable bonds is 3. The lowest BCUT2D eigenvalue weighted by molar-refractivity contribution is -0.174. The summed E-state index contributed by atoms with van der Waals surface area (Å²) in [6, 6.07) is 8.76. The number of carbonyl (C=O) groups is 1. The van der Waals surface area contributed by atoms with Gasteiger partial charge < -0.3 is 14.9 Å². The number of aliphatic carboxylic acids is 1. The Labute approximate surface area is 93.5 Å². The summed E-state index contributed by atoms with van der Waals surface area (Å²) in [5.74, 6) is -1.10. The third-order valence-corrected chi connectivity index (χ3v) is 2.97. The molecule has 1 aromatic carbocycles. The molecule has 0 aromatic heterocycles. The predicted molar refractivity (Wildman–Crippen MR) is 57.0 cm³/mol. The predicted octanol–water partition coefficient (Wildman–Crippen LogP) is 1.35. The molecule has 1 aromatic rings. The Hall–Kier alpha value is -1.39. The van der Waals surface area contributed by atoms with Gasteiger partial charge in [0.2, 0.25) is 0 Å². The summed E-state index contributed by atoms with van der Waals surface area (Å²) in [5, 5.41) is 19.3. The zero-order chi connectivity index (χ0) is 11.6. The van der Waals surface area contributed by atoms with Crippen molar-refractivity contribution in [2.24, 2.45) is 0 Å². The van der Waals surface area contributed by atoms with E-state index in [1.165, 1.54) is 0 Å². The number of ether oxygens (including phenoxy) is 1. The van der Waals surface area contributed by atoms with E-state index >= 15 is 0 Å². The monoisotopic (exact) mass is 222 g/mol. The summed E-state index contributed by atoms with van der Waals surface area (Å²) in [6.45, 7) is 0.385. The smallest absolute Gasteiger partial charge is 0.339 e. The Balaban J connectivity index is 2.31. The fraction of sp³-hybridized carbons (Fsp3) is 0.417. The van der Waals surface area contributed by atoms with E-state index < -0.39 is 17.7 Å². The molecule has 1 aliphatic heterocycles. The first-order valence-electron chi connectivity index (χ1n) is 5.27. The van der Waals surface area contributed by atoms with E-state index in [1.54, 1.807) is 24.3 Å². The molecule has 86 valence electrons. The molecule has 2 unspecified atom stereocenters. The van der Waals surface area contributed by atoms with Crippen LogP contribution in [0.1, 0.15) is 24.5 Å². The van der Waals surface area contributed by atoms with Crippen LogP contribution in [0.25, 0.3) is 0 Å². The van der Waals surface area contributed by atoms with E-state index in [2.05, 4.69) is 0 Å². The van der Waals surface area contributed by atoms with Crippen LogP contribution in [0.15, 0.2) is 30.3 Å². The average molecular weight is 222 g/mol. The fourth-order valence-corrected chi connectivity index (χ4v) is 2.07. The van der Waals surface area contributed by atoms with Gasteiger partial charge >= 0.3 is 5.97 Å². The number of hydrogen-bond donors (Lipinski definition) is 2. The number of hydrogen-bond acceptors (Lipinski definition) is 3. The molecular formula is C12H14O4. The highest BCUT2D eigenvalue weighted by molar-refractivity contribution is 5.79. The van der Waals surface area contributed by atoms with Gasteiger partial charge in [0, 0.05) is 6.61 Å². The summed E-state index contributed by atoms with van der Waals surface area (Å²) >= 11 is 0. The van der Waals surface area contributed by atoms with Gasteiger partial charge in [0.1, 0.15) is 6.10 Å². The first kappa shape index (κ1) is 11.1. The van der Waals surface area contributed by atoms with Gasteiger partial charge in [0.25, 0.3) is 0 Å². The normalized spacial score (nSPS) is 26.6. The van der Waals surface area contributed by atoms with Gasteiger partial charge in [-0.2, -0.15) is 0 Å². The Morgan fingerprint density at radius 1 is 1.38 bits per heavy atom. The van der Waals surface area contributed by atoms with Crippen LogP contribution in [0.2, 0.25) is 0 Å². The SMILES string of the molecule is O=C(O)C1(C(O)c2ccccc2)CCCO1. The Bertz CT molecular complexity index is 368. The summed E-state index contributed by atoms with van der Waals surface area (Å²) < 4.78 is 5.27. The Morgan fingerprint density at radius 3 is 2.56 bits per heavy atom. The average Bonchev–Trinajstić information content (AvgIpc) is 2.79. The van der Waals surface area contributed by atoms with E-state index in [1.807, 2.05) is 6.07 Å². The lowest BCUT2D eigenvalue weighted by Gasteiger charge is -2.29.